The van der Waals surface area contributed by atoms with Gasteiger partial charge >= 0.3 is 0 Å². The summed E-state index contributed by atoms with van der Waals surface area (Å²) in [6.45, 7) is 0. The normalized spacial score (nSPS) is 10.2. The molecular weight excluding hydrogens is 263 g/mol. The van der Waals surface area contributed by atoms with Gasteiger partial charge in [-0.2, -0.15) is 5.10 Å². The minimum Gasteiger partial charge on any atom is -0.383 e. The summed E-state index contributed by atoms with van der Waals surface area (Å²) in [5, 5.41) is 9.41. The maximum absolute atomic E-state index is 11.8. The van der Waals surface area contributed by atoms with Crippen molar-refractivity contribution in [2.45, 2.75) is 0 Å². The van der Waals surface area contributed by atoms with Gasteiger partial charge in [0.15, 0.2) is 0 Å². The molecule has 0 aliphatic heterocycles. The first kappa shape index (κ1) is 11.8. The molecule has 0 saturated carbocycles. The molecule has 0 radical (unpaired) electrons. The number of nitrogens with zero attached hydrogens (tertiary/aromatic N) is 1. The second kappa shape index (κ2) is 4.65. The fourth-order valence-electron chi connectivity index (χ4n) is 1.28. The number of para-hydroxylation sites is 1. The molecule has 0 aliphatic carbocycles. The Morgan fingerprint density at radius 3 is 2.53 bits per heavy atom. The number of nitrogen functional groups attached to an aromatic ring is 1. The number of hydrogen-bond donors (Lipinski definition) is 3. The lowest BCUT2D eigenvalue weighted by atomic mass is 10.2. The van der Waals surface area contributed by atoms with Gasteiger partial charge in [0.2, 0.25) is 0 Å². The Hall–Kier alpha value is -1.72. The molecule has 4 N–H and O–H groups in total. The van der Waals surface area contributed by atoms with E-state index in [0.717, 1.165) is 0 Å². The Morgan fingerprint density at radius 1 is 1.35 bits per heavy atom. The van der Waals surface area contributed by atoms with E-state index in [2.05, 4.69) is 15.5 Å². The van der Waals surface area contributed by atoms with Crippen LogP contribution in [-0.4, -0.2) is 16.1 Å². The zero-order valence-corrected chi connectivity index (χ0v) is 10.0. The smallest absolute Gasteiger partial charge is 0.261 e. The number of H-pyrrole nitrogens is 1. The summed E-state index contributed by atoms with van der Waals surface area (Å²) in [5.41, 5.74) is 6.11. The molecule has 5 nitrogen and oxygen atoms in total. The number of benzene rings is 1. The van der Waals surface area contributed by atoms with Gasteiger partial charge in [0.25, 0.3) is 5.91 Å². The van der Waals surface area contributed by atoms with E-state index in [9.17, 15) is 4.79 Å². The lowest BCUT2D eigenvalue weighted by molar-refractivity contribution is 0.102. The number of aromatic amines is 1. The zero-order valence-electron chi connectivity index (χ0n) is 8.50. The van der Waals surface area contributed by atoms with Gasteiger partial charge in [-0.15, -0.1) is 0 Å². The molecule has 0 atom stereocenters. The lowest BCUT2D eigenvalue weighted by Crippen LogP contribution is -2.13. The van der Waals surface area contributed by atoms with Crippen LogP contribution in [0.5, 0.6) is 0 Å². The number of aromatic nitrogens is 2. The molecule has 88 valence electrons. The average Bonchev–Trinajstić information content (AvgIpc) is 2.70. The predicted octanol–water partition coefficient (Wildman–Crippen LogP) is 2.55. The highest BCUT2D eigenvalue weighted by atomic mass is 35.5. The molecule has 0 spiro atoms. The van der Waals surface area contributed by atoms with Crippen molar-refractivity contribution in [2.75, 3.05) is 11.1 Å². The first-order valence-electron chi connectivity index (χ1n) is 4.64. The predicted molar refractivity (Wildman–Crippen MR) is 67.4 cm³/mol. The minimum atomic E-state index is -0.425. The van der Waals surface area contributed by atoms with Crippen LogP contribution in [0.3, 0.4) is 0 Å². The van der Waals surface area contributed by atoms with E-state index in [-0.39, 0.29) is 11.4 Å². The number of carbonyl (C=O) groups excluding carboxylic acids is 1. The van der Waals surface area contributed by atoms with E-state index in [1.807, 2.05) is 0 Å². The number of carbonyl (C=O) groups is 1. The molecule has 1 heterocycles. The highest BCUT2D eigenvalue weighted by molar-refractivity contribution is 6.40. The molecule has 1 aromatic heterocycles. The van der Waals surface area contributed by atoms with Gasteiger partial charge in [-0.25, -0.2) is 0 Å². The van der Waals surface area contributed by atoms with Crippen LogP contribution in [0.25, 0.3) is 0 Å². The molecule has 2 rings (SSSR count). The van der Waals surface area contributed by atoms with Crippen molar-refractivity contribution < 1.29 is 4.79 Å². The van der Waals surface area contributed by atoms with Crippen molar-refractivity contribution in [1.82, 2.24) is 10.2 Å². The molecule has 2 aromatic rings. The second-order valence-electron chi connectivity index (χ2n) is 3.25. The highest BCUT2D eigenvalue weighted by Gasteiger charge is 2.14. The summed E-state index contributed by atoms with van der Waals surface area (Å²) < 4.78 is 0. The van der Waals surface area contributed by atoms with Gasteiger partial charge in [-0.3, -0.25) is 9.89 Å². The minimum absolute atomic E-state index is 0.186. The van der Waals surface area contributed by atoms with Crippen LogP contribution < -0.4 is 11.1 Å². The van der Waals surface area contributed by atoms with E-state index < -0.39 is 5.91 Å². The molecular formula is C10H8Cl2N4O. The fourth-order valence-corrected chi connectivity index (χ4v) is 1.77. The summed E-state index contributed by atoms with van der Waals surface area (Å²) >= 11 is 11.8. The third-order valence-corrected chi connectivity index (χ3v) is 2.74. The average molecular weight is 271 g/mol. The molecule has 0 saturated heterocycles. The number of anilines is 2. The standard InChI is InChI=1S/C10H8Cl2N4O/c11-6-2-1-3-7(12)8(6)15-10(17)5-4-14-16-9(5)13/h1-4H,(H,15,17)(H3,13,14,16). The van der Waals surface area contributed by atoms with Gasteiger partial charge in [0, 0.05) is 0 Å². The van der Waals surface area contributed by atoms with Crippen molar-refractivity contribution >= 4 is 40.6 Å². The monoisotopic (exact) mass is 270 g/mol. The van der Waals surface area contributed by atoms with Gasteiger partial charge in [-0.1, -0.05) is 29.3 Å². The summed E-state index contributed by atoms with van der Waals surface area (Å²) in [6.07, 6.45) is 1.33. The number of amides is 1. The van der Waals surface area contributed by atoms with Crippen molar-refractivity contribution in [1.29, 1.82) is 0 Å². The number of nitrogens with two attached hydrogens (primary N) is 1. The quantitative estimate of drug-likeness (QED) is 0.784. The van der Waals surface area contributed by atoms with Gasteiger partial charge in [0.05, 0.1) is 21.9 Å². The van der Waals surface area contributed by atoms with Crippen molar-refractivity contribution in [3.8, 4) is 0 Å². The Kier molecular flexibility index (Phi) is 3.21. The maximum Gasteiger partial charge on any atom is 0.261 e. The largest absolute Gasteiger partial charge is 0.383 e. The van der Waals surface area contributed by atoms with Crippen LogP contribution in [0.4, 0.5) is 11.5 Å². The number of halogens is 2. The van der Waals surface area contributed by atoms with Crippen molar-refractivity contribution in [2.24, 2.45) is 0 Å². The fraction of sp³-hybridized carbons (Fsp3) is 0. The van der Waals surface area contributed by atoms with E-state index in [0.29, 0.717) is 15.7 Å². The Balaban J connectivity index is 2.28. The van der Waals surface area contributed by atoms with Crippen LogP contribution in [0.15, 0.2) is 24.4 Å². The molecule has 0 aliphatic rings. The summed E-state index contributed by atoms with van der Waals surface area (Å²) in [4.78, 5) is 11.8. The molecule has 0 bridgehead atoms. The van der Waals surface area contributed by atoms with Crippen molar-refractivity contribution in [3.05, 3.63) is 40.0 Å². The molecule has 1 aromatic carbocycles. The Morgan fingerprint density at radius 2 is 2.00 bits per heavy atom. The topological polar surface area (TPSA) is 83.8 Å². The Labute approximate surface area is 107 Å². The summed E-state index contributed by atoms with van der Waals surface area (Å²) in [5.74, 6) is -0.239. The summed E-state index contributed by atoms with van der Waals surface area (Å²) in [6, 6.07) is 4.94. The van der Waals surface area contributed by atoms with E-state index in [1.54, 1.807) is 18.2 Å². The molecule has 0 unspecified atom stereocenters. The van der Waals surface area contributed by atoms with Gasteiger partial charge in [0.1, 0.15) is 11.4 Å². The highest BCUT2D eigenvalue weighted by Crippen LogP contribution is 2.30. The first-order chi connectivity index (χ1) is 8.09. The third kappa shape index (κ3) is 2.35. The van der Waals surface area contributed by atoms with Crippen LogP contribution in [-0.2, 0) is 0 Å². The summed E-state index contributed by atoms with van der Waals surface area (Å²) in [7, 11) is 0. The third-order valence-electron chi connectivity index (χ3n) is 2.11. The molecule has 7 heteroatoms. The van der Waals surface area contributed by atoms with Crippen LogP contribution in [0.2, 0.25) is 10.0 Å². The molecule has 1 amide bonds. The number of hydrogen-bond acceptors (Lipinski definition) is 3. The van der Waals surface area contributed by atoms with Crippen molar-refractivity contribution in [3.63, 3.8) is 0 Å². The number of nitrogens with one attached hydrogen (secondary N) is 2. The van der Waals surface area contributed by atoms with Crippen LogP contribution in [0.1, 0.15) is 10.4 Å². The second-order valence-corrected chi connectivity index (χ2v) is 4.06. The van der Waals surface area contributed by atoms with Crippen LogP contribution in [0, 0.1) is 0 Å². The van der Waals surface area contributed by atoms with Gasteiger partial charge in [-0.05, 0) is 12.1 Å². The zero-order chi connectivity index (χ0) is 12.4. The number of rotatable bonds is 2. The van der Waals surface area contributed by atoms with Gasteiger partial charge < -0.3 is 11.1 Å². The van der Waals surface area contributed by atoms with E-state index >= 15 is 0 Å². The van der Waals surface area contributed by atoms with E-state index in [4.69, 9.17) is 28.9 Å². The maximum atomic E-state index is 11.8. The Bertz CT molecular complexity index is 547. The first-order valence-corrected chi connectivity index (χ1v) is 5.39. The molecule has 0 fully saturated rings. The van der Waals surface area contributed by atoms with E-state index in [1.165, 1.54) is 6.20 Å². The lowest BCUT2D eigenvalue weighted by Gasteiger charge is -2.08. The SMILES string of the molecule is Nc1[nH]ncc1C(=O)Nc1c(Cl)cccc1Cl. The van der Waals surface area contributed by atoms with Crippen LogP contribution >= 0.6 is 23.2 Å². The molecule has 17 heavy (non-hydrogen) atoms.